The van der Waals surface area contributed by atoms with E-state index < -0.39 is 42.1 Å². The van der Waals surface area contributed by atoms with E-state index in [4.69, 9.17) is 0 Å². The minimum absolute atomic E-state index is 0.0375. The number of aromatic nitrogens is 1. The van der Waals surface area contributed by atoms with E-state index in [2.05, 4.69) is 14.5 Å². The summed E-state index contributed by atoms with van der Waals surface area (Å²) in [6, 6.07) is 0.435. The first-order chi connectivity index (χ1) is 9.70. The summed E-state index contributed by atoms with van der Waals surface area (Å²) in [5, 5.41) is 0. The number of carbonyl (C=O) groups is 1. The van der Waals surface area contributed by atoms with Crippen LogP contribution in [0.3, 0.4) is 0 Å². The number of alkyl halides is 5. The zero-order chi connectivity index (χ0) is 16.2. The highest BCUT2D eigenvalue weighted by Gasteiger charge is 2.38. The molecule has 0 N–H and O–H groups in total. The van der Waals surface area contributed by atoms with Gasteiger partial charge in [0.1, 0.15) is 5.69 Å². The molecule has 0 spiro atoms. The molecule has 0 aliphatic carbocycles. The van der Waals surface area contributed by atoms with E-state index >= 15 is 0 Å². The first-order valence-corrected chi connectivity index (χ1v) is 5.79. The largest absolute Gasteiger partial charge is 0.481 e. The molecule has 21 heavy (non-hydrogen) atoms. The van der Waals surface area contributed by atoms with Gasteiger partial charge in [-0.1, -0.05) is 0 Å². The number of methoxy groups -OCH3 is 1. The number of nitrogens with zero attached hydrogens (tertiary/aromatic N) is 1. The van der Waals surface area contributed by atoms with Gasteiger partial charge in [-0.05, 0) is 13.0 Å². The van der Waals surface area contributed by atoms with E-state index in [1.807, 2.05) is 0 Å². The van der Waals surface area contributed by atoms with E-state index in [-0.39, 0.29) is 12.2 Å². The maximum Gasteiger partial charge on any atom is 0.418 e. The molecule has 1 rings (SSSR count). The maximum atomic E-state index is 12.8. The smallest absolute Gasteiger partial charge is 0.418 e. The lowest BCUT2D eigenvalue weighted by molar-refractivity contribution is -0.143. The monoisotopic (exact) mass is 313 g/mol. The molecule has 0 saturated carbocycles. The molecule has 0 fully saturated rings. The normalized spacial score (nSPS) is 11.6. The van der Waals surface area contributed by atoms with Crippen LogP contribution < -0.4 is 4.74 Å². The Balaban J connectivity index is 3.34. The van der Waals surface area contributed by atoms with Crippen LogP contribution in [0.1, 0.15) is 30.2 Å². The standard InChI is InChI=1S/C12H12F5NO3/c1-3-21-8(19)5-6-4-7(12(15,16)17)9(10(13)14)18-11(6)20-2/h4,10H,3,5H2,1-2H3. The van der Waals surface area contributed by atoms with Gasteiger partial charge in [0.05, 0.1) is 25.7 Å². The second-order valence-electron chi connectivity index (χ2n) is 3.87. The van der Waals surface area contributed by atoms with Crippen LogP contribution in [0, 0.1) is 0 Å². The maximum absolute atomic E-state index is 12.8. The minimum atomic E-state index is -5.02. The number of rotatable bonds is 5. The molecule has 0 atom stereocenters. The Kier molecular flexibility index (Phi) is 5.45. The average molecular weight is 313 g/mol. The molecule has 0 radical (unpaired) electrons. The summed E-state index contributed by atoms with van der Waals surface area (Å²) in [5.74, 6) is -1.28. The predicted octanol–water partition coefficient (Wildman–Crippen LogP) is 3.15. The van der Waals surface area contributed by atoms with Crippen LogP contribution in [0.15, 0.2) is 6.07 Å². The van der Waals surface area contributed by atoms with Crippen LogP contribution in [-0.2, 0) is 22.1 Å². The van der Waals surface area contributed by atoms with Gasteiger partial charge in [0.25, 0.3) is 6.43 Å². The van der Waals surface area contributed by atoms with Gasteiger partial charge in [0, 0.05) is 5.56 Å². The molecule has 118 valence electrons. The van der Waals surface area contributed by atoms with E-state index in [0.29, 0.717) is 6.07 Å². The highest BCUT2D eigenvalue weighted by Crippen LogP contribution is 2.38. The topological polar surface area (TPSA) is 48.4 Å². The highest BCUT2D eigenvalue weighted by atomic mass is 19.4. The third-order valence-corrected chi connectivity index (χ3v) is 2.44. The van der Waals surface area contributed by atoms with Crippen LogP contribution in [0.25, 0.3) is 0 Å². The first-order valence-electron chi connectivity index (χ1n) is 5.79. The van der Waals surface area contributed by atoms with E-state index in [0.717, 1.165) is 7.11 Å². The molecule has 1 heterocycles. The van der Waals surface area contributed by atoms with Crippen LogP contribution in [-0.4, -0.2) is 24.7 Å². The molecule has 0 aromatic carbocycles. The second kappa shape index (κ2) is 6.68. The van der Waals surface area contributed by atoms with Gasteiger partial charge < -0.3 is 9.47 Å². The fourth-order valence-corrected chi connectivity index (χ4v) is 1.62. The lowest BCUT2D eigenvalue weighted by atomic mass is 10.1. The summed E-state index contributed by atoms with van der Waals surface area (Å²) in [7, 11) is 1.06. The van der Waals surface area contributed by atoms with Crippen LogP contribution in [0.2, 0.25) is 0 Å². The molecule has 0 aliphatic heterocycles. The second-order valence-corrected chi connectivity index (χ2v) is 3.87. The number of hydrogen-bond donors (Lipinski definition) is 0. The Hall–Kier alpha value is -1.93. The zero-order valence-electron chi connectivity index (χ0n) is 11.1. The van der Waals surface area contributed by atoms with Crippen molar-refractivity contribution in [2.75, 3.05) is 13.7 Å². The minimum Gasteiger partial charge on any atom is -0.481 e. The van der Waals surface area contributed by atoms with Gasteiger partial charge in [-0.3, -0.25) is 4.79 Å². The molecule has 0 saturated heterocycles. The molecule has 0 unspecified atom stereocenters. The zero-order valence-corrected chi connectivity index (χ0v) is 11.1. The summed E-state index contributed by atoms with van der Waals surface area (Å²) in [4.78, 5) is 14.5. The van der Waals surface area contributed by atoms with E-state index in [1.54, 1.807) is 0 Å². The van der Waals surface area contributed by atoms with Gasteiger partial charge >= 0.3 is 12.1 Å². The SMILES string of the molecule is CCOC(=O)Cc1cc(C(F)(F)F)c(C(F)F)nc1OC. The molecule has 1 aromatic heterocycles. The predicted molar refractivity (Wildman–Crippen MR) is 61.1 cm³/mol. The van der Waals surface area contributed by atoms with Crippen molar-refractivity contribution in [1.29, 1.82) is 0 Å². The summed E-state index contributed by atoms with van der Waals surface area (Å²) >= 11 is 0. The number of esters is 1. The third kappa shape index (κ3) is 4.27. The molecule has 0 aliphatic rings. The number of pyridine rings is 1. The van der Waals surface area contributed by atoms with Gasteiger partial charge in [-0.15, -0.1) is 0 Å². The van der Waals surface area contributed by atoms with Crippen LogP contribution in [0.5, 0.6) is 5.88 Å². The fourth-order valence-electron chi connectivity index (χ4n) is 1.62. The summed E-state index contributed by atoms with van der Waals surface area (Å²) in [5.41, 5.74) is -3.31. The molecule has 0 bridgehead atoms. The Morgan fingerprint density at radius 1 is 1.38 bits per heavy atom. The van der Waals surface area contributed by atoms with E-state index in [9.17, 15) is 26.7 Å². The van der Waals surface area contributed by atoms with Crippen molar-refractivity contribution in [3.8, 4) is 5.88 Å². The lowest BCUT2D eigenvalue weighted by Crippen LogP contribution is -2.16. The van der Waals surface area contributed by atoms with Gasteiger partial charge in [-0.2, -0.15) is 13.2 Å². The van der Waals surface area contributed by atoms with Crippen LogP contribution >= 0.6 is 0 Å². The number of halogens is 5. The van der Waals surface area contributed by atoms with Gasteiger partial charge in [0.15, 0.2) is 0 Å². The first kappa shape index (κ1) is 17.1. The van der Waals surface area contributed by atoms with Crippen molar-refractivity contribution < 1.29 is 36.2 Å². The van der Waals surface area contributed by atoms with Crippen LogP contribution in [0.4, 0.5) is 22.0 Å². The van der Waals surface area contributed by atoms with E-state index in [1.165, 1.54) is 6.92 Å². The number of ether oxygens (including phenoxy) is 2. The Morgan fingerprint density at radius 3 is 2.43 bits per heavy atom. The quantitative estimate of drug-likeness (QED) is 0.619. The molecule has 9 heteroatoms. The highest BCUT2D eigenvalue weighted by molar-refractivity contribution is 5.73. The fraction of sp³-hybridized carbons (Fsp3) is 0.500. The Morgan fingerprint density at radius 2 is 2.00 bits per heavy atom. The summed E-state index contributed by atoms with van der Waals surface area (Å²) in [6.45, 7) is 1.56. The molecule has 1 aromatic rings. The van der Waals surface area contributed by atoms with Crippen molar-refractivity contribution in [3.63, 3.8) is 0 Å². The van der Waals surface area contributed by atoms with Crippen molar-refractivity contribution in [3.05, 3.63) is 22.9 Å². The van der Waals surface area contributed by atoms with Crippen molar-refractivity contribution >= 4 is 5.97 Å². The molecule has 4 nitrogen and oxygen atoms in total. The lowest BCUT2D eigenvalue weighted by Gasteiger charge is -2.15. The van der Waals surface area contributed by atoms with Crippen molar-refractivity contribution in [2.24, 2.45) is 0 Å². The van der Waals surface area contributed by atoms with Gasteiger partial charge in [0.2, 0.25) is 5.88 Å². The molecule has 0 amide bonds. The number of hydrogen-bond acceptors (Lipinski definition) is 4. The van der Waals surface area contributed by atoms with Gasteiger partial charge in [-0.25, -0.2) is 13.8 Å². The Labute approximate surface area is 116 Å². The van der Waals surface area contributed by atoms with Crippen molar-refractivity contribution in [2.45, 2.75) is 25.9 Å². The summed E-state index contributed by atoms with van der Waals surface area (Å²) < 4.78 is 73.0. The Bertz CT molecular complexity index is 516. The molecular formula is C12H12F5NO3. The van der Waals surface area contributed by atoms with Crippen molar-refractivity contribution in [1.82, 2.24) is 4.98 Å². The average Bonchev–Trinajstić information content (AvgIpc) is 2.37. The third-order valence-electron chi connectivity index (χ3n) is 2.44. The number of carbonyl (C=O) groups excluding carboxylic acids is 1. The molecular weight excluding hydrogens is 301 g/mol. The summed E-state index contributed by atoms with van der Waals surface area (Å²) in [6.07, 6.45) is -9.00.